The van der Waals surface area contributed by atoms with Crippen molar-refractivity contribution in [2.45, 2.75) is 78.0 Å². The Bertz CT molecular complexity index is 519. The van der Waals surface area contributed by atoms with Crippen molar-refractivity contribution in [1.29, 1.82) is 0 Å². The van der Waals surface area contributed by atoms with Gasteiger partial charge in [-0.25, -0.2) is 0 Å². The number of aliphatic hydroxyl groups is 1. The number of nitrogens with zero attached hydrogens (tertiary/aromatic N) is 1. The average molecular weight is 382 g/mol. The molecule has 0 aromatic carbocycles. The molecule has 27 heavy (non-hydrogen) atoms. The molecule has 0 fully saturated rings. The Morgan fingerprint density at radius 3 is 2.56 bits per heavy atom. The van der Waals surface area contributed by atoms with E-state index in [-0.39, 0.29) is 23.8 Å². The van der Waals surface area contributed by atoms with Crippen molar-refractivity contribution in [3.8, 4) is 0 Å². The first-order valence-electron chi connectivity index (χ1n) is 10.1. The van der Waals surface area contributed by atoms with Crippen LogP contribution in [-0.4, -0.2) is 53.1 Å². The topological polar surface area (TPSA) is 98.7 Å². The van der Waals surface area contributed by atoms with E-state index in [2.05, 4.69) is 10.6 Å². The van der Waals surface area contributed by atoms with Gasteiger partial charge in [-0.3, -0.25) is 14.4 Å². The molecule has 1 rings (SSSR count). The highest BCUT2D eigenvalue weighted by atomic mass is 16.3. The largest absolute Gasteiger partial charge is 0.370 e. The van der Waals surface area contributed by atoms with Crippen molar-refractivity contribution < 1.29 is 19.5 Å². The highest BCUT2D eigenvalue weighted by Gasteiger charge is 2.23. The average Bonchev–Trinajstić information content (AvgIpc) is 2.91. The molecule has 0 aromatic rings. The molecule has 1 aliphatic rings. The molecule has 0 aliphatic carbocycles. The summed E-state index contributed by atoms with van der Waals surface area (Å²) in [4.78, 5) is 36.5. The zero-order valence-electron chi connectivity index (χ0n) is 16.9. The fraction of sp³-hybridized carbons (Fsp3) is 0.750. The van der Waals surface area contributed by atoms with Gasteiger partial charge in [-0.15, -0.1) is 0 Å². The van der Waals surface area contributed by atoms with E-state index in [9.17, 15) is 19.5 Å². The third-order valence-electron chi connectivity index (χ3n) is 4.57. The Balaban J connectivity index is 2.12. The van der Waals surface area contributed by atoms with Crippen LogP contribution in [0.15, 0.2) is 12.2 Å². The second-order valence-electron chi connectivity index (χ2n) is 7.52. The first-order valence-corrected chi connectivity index (χ1v) is 10.1. The van der Waals surface area contributed by atoms with Crippen LogP contribution in [0.5, 0.6) is 0 Å². The van der Waals surface area contributed by atoms with Crippen molar-refractivity contribution in [3.05, 3.63) is 12.2 Å². The molecule has 1 aliphatic heterocycles. The lowest BCUT2D eigenvalue weighted by atomic mass is 10.1. The summed E-state index contributed by atoms with van der Waals surface area (Å²) in [6.45, 7) is 7.13. The summed E-state index contributed by atoms with van der Waals surface area (Å²) >= 11 is 0. The first kappa shape index (κ1) is 23.1. The summed E-state index contributed by atoms with van der Waals surface area (Å²) in [6.07, 6.45) is 6.93. The summed E-state index contributed by atoms with van der Waals surface area (Å²) in [5, 5.41) is 15.6. The molecule has 3 amide bonds. The Kier molecular flexibility index (Phi) is 10.7. The number of hydrogen-bond acceptors (Lipinski definition) is 4. The van der Waals surface area contributed by atoms with E-state index in [1.807, 2.05) is 20.8 Å². The monoisotopic (exact) mass is 381 g/mol. The molecule has 1 unspecified atom stereocenters. The lowest BCUT2D eigenvalue weighted by Crippen LogP contribution is -2.37. The van der Waals surface area contributed by atoms with Gasteiger partial charge in [0.1, 0.15) is 6.23 Å². The number of carbonyl (C=O) groups excluding carboxylic acids is 3. The Morgan fingerprint density at radius 1 is 1.22 bits per heavy atom. The minimum atomic E-state index is -0.870. The predicted octanol–water partition coefficient (Wildman–Crippen LogP) is 1.71. The van der Waals surface area contributed by atoms with E-state index >= 15 is 0 Å². The van der Waals surface area contributed by atoms with Crippen molar-refractivity contribution in [3.63, 3.8) is 0 Å². The maximum absolute atomic E-state index is 12.1. The molecular formula is C20H35N3O4. The molecule has 0 saturated carbocycles. The van der Waals surface area contributed by atoms with E-state index in [4.69, 9.17) is 0 Å². The maximum Gasteiger partial charge on any atom is 0.248 e. The smallest absolute Gasteiger partial charge is 0.248 e. The van der Waals surface area contributed by atoms with Crippen LogP contribution < -0.4 is 10.6 Å². The minimum Gasteiger partial charge on any atom is -0.370 e. The van der Waals surface area contributed by atoms with E-state index in [0.29, 0.717) is 38.3 Å². The van der Waals surface area contributed by atoms with Gasteiger partial charge in [0.25, 0.3) is 0 Å². The standard InChI is InChI=1S/C20H35N3O4/c1-4-16(8-5-6-12-21-18(25)14-15(2)3)22-17(24)9-7-13-23-19(26)10-11-20(23)27/h10-11,15-16,19,26H,4-9,12-14H2,1-3H3,(H,21,25)(H,22,24)/t16-,19?/m1/s1. The fourth-order valence-electron chi connectivity index (χ4n) is 3.02. The second-order valence-corrected chi connectivity index (χ2v) is 7.52. The fourth-order valence-corrected chi connectivity index (χ4v) is 3.02. The molecule has 0 radical (unpaired) electrons. The SMILES string of the molecule is CC[C@H](CCCCNC(=O)CC(C)C)NC(=O)CCCN1C(=O)C=CC1O. The molecule has 7 nitrogen and oxygen atoms in total. The van der Waals surface area contributed by atoms with Crippen molar-refractivity contribution >= 4 is 17.7 Å². The van der Waals surface area contributed by atoms with Crippen LogP contribution in [0, 0.1) is 5.92 Å². The molecule has 0 aromatic heterocycles. The van der Waals surface area contributed by atoms with Crippen LogP contribution in [0.3, 0.4) is 0 Å². The molecule has 1 heterocycles. The number of carbonyl (C=O) groups is 3. The van der Waals surface area contributed by atoms with Crippen LogP contribution in [0.25, 0.3) is 0 Å². The van der Waals surface area contributed by atoms with E-state index in [0.717, 1.165) is 25.7 Å². The van der Waals surface area contributed by atoms with Crippen LogP contribution in [0.1, 0.15) is 65.7 Å². The third-order valence-corrected chi connectivity index (χ3v) is 4.57. The van der Waals surface area contributed by atoms with Gasteiger partial charge >= 0.3 is 0 Å². The van der Waals surface area contributed by atoms with Crippen molar-refractivity contribution in [2.24, 2.45) is 5.92 Å². The van der Waals surface area contributed by atoms with Crippen molar-refractivity contribution in [2.75, 3.05) is 13.1 Å². The number of nitrogens with one attached hydrogen (secondary N) is 2. The first-order chi connectivity index (χ1) is 12.8. The van der Waals surface area contributed by atoms with Gasteiger partial charge in [-0.1, -0.05) is 20.8 Å². The van der Waals surface area contributed by atoms with Gasteiger partial charge in [0.15, 0.2) is 0 Å². The highest BCUT2D eigenvalue weighted by Crippen LogP contribution is 2.10. The van der Waals surface area contributed by atoms with Crippen LogP contribution in [0.4, 0.5) is 0 Å². The summed E-state index contributed by atoms with van der Waals surface area (Å²) < 4.78 is 0. The Morgan fingerprint density at radius 2 is 1.96 bits per heavy atom. The third kappa shape index (κ3) is 9.56. The van der Waals surface area contributed by atoms with Gasteiger partial charge in [0, 0.05) is 38.0 Å². The molecule has 7 heteroatoms. The minimum absolute atomic E-state index is 0.0267. The van der Waals surface area contributed by atoms with Gasteiger partial charge in [0.2, 0.25) is 17.7 Å². The number of rotatable bonds is 13. The van der Waals surface area contributed by atoms with Crippen LogP contribution in [0.2, 0.25) is 0 Å². The van der Waals surface area contributed by atoms with Gasteiger partial charge in [-0.2, -0.15) is 0 Å². The molecular weight excluding hydrogens is 346 g/mol. The summed E-state index contributed by atoms with van der Waals surface area (Å²) in [5.74, 6) is 0.228. The van der Waals surface area contributed by atoms with E-state index < -0.39 is 6.23 Å². The molecule has 3 N–H and O–H groups in total. The summed E-state index contributed by atoms with van der Waals surface area (Å²) in [6, 6.07) is 0.129. The molecule has 0 saturated heterocycles. The maximum atomic E-state index is 12.1. The normalized spacial score (nSPS) is 17.4. The second kappa shape index (κ2) is 12.5. The van der Waals surface area contributed by atoms with E-state index in [1.165, 1.54) is 17.1 Å². The number of unbranched alkanes of at least 4 members (excludes halogenated alkanes) is 1. The number of hydrogen-bond donors (Lipinski definition) is 3. The predicted molar refractivity (Wildman–Crippen MR) is 105 cm³/mol. The lowest BCUT2D eigenvalue weighted by molar-refractivity contribution is -0.131. The summed E-state index contributed by atoms with van der Waals surface area (Å²) in [5.41, 5.74) is 0. The zero-order chi connectivity index (χ0) is 20.2. The Hall–Kier alpha value is -1.89. The number of aliphatic hydroxyl groups excluding tert-OH is 1. The van der Waals surface area contributed by atoms with Crippen molar-refractivity contribution in [1.82, 2.24) is 15.5 Å². The molecule has 0 spiro atoms. The van der Waals surface area contributed by atoms with Gasteiger partial charge in [-0.05, 0) is 44.1 Å². The van der Waals surface area contributed by atoms with Gasteiger partial charge < -0.3 is 20.6 Å². The van der Waals surface area contributed by atoms with Gasteiger partial charge in [0.05, 0.1) is 0 Å². The molecule has 154 valence electrons. The lowest BCUT2D eigenvalue weighted by Gasteiger charge is -2.21. The van der Waals surface area contributed by atoms with Crippen LogP contribution in [-0.2, 0) is 14.4 Å². The zero-order valence-corrected chi connectivity index (χ0v) is 16.9. The molecule has 2 atom stereocenters. The molecule has 0 bridgehead atoms. The highest BCUT2D eigenvalue weighted by molar-refractivity contribution is 5.90. The van der Waals surface area contributed by atoms with E-state index in [1.54, 1.807) is 0 Å². The van der Waals surface area contributed by atoms with Crippen LogP contribution >= 0.6 is 0 Å². The quantitative estimate of drug-likeness (QED) is 0.423. The summed E-state index contributed by atoms with van der Waals surface area (Å²) in [7, 11) is 0. The Labute approximate surface area is 162 Å². The number of amides is 3.